The molecule has 102 valence electrons. The topological polar surface area (TPSA) is 55.8 Å². The molecule has 0 radical (unpaired) electrons. The van der Waals surface area contributed by atoms with Gasteiger partial charge in [0.25, 0.3) is 0 Å². The summed E-state index contributed by atoms with van der Waals surface area (Å²) in [5.74, 6) is 0.923. The van der Waals surface area contributed by atoms with Gasteiger partial charge in [-0.2, -0.15) is 0 Å². The van der Waals surface area contributed by atoms with E-state index in [1.807, 2.05) is 30.3 Å². The van der Waals surface area contributed by atoms with Crippen molar-refractivity contribution >= 4 is 24.7 Å². The lowest BCUT2D eigenvalue weighted by Crippen LogP contribution is -2.15. The Morgan fingerprint density at radius 2 is 1.90 bits per heavy atom. The molecule has 0 spiro atoms. The predicted octanol–water partition coefficient (Wildman–Crippen LogP) is 3.03. The second-order valence-electron chi connectivity index (χ2n) is 4.41. The minimum atomic E-state index is -3.89. The van der Waals surface area contributed by atoms with Crippen molar-refractivity contribution in [3.8, 4) is 5.75 Å². The molecule has 1 atom stereocenters. The highest BCUT2D eigenvalue weighted by Gasteiger charge is 2.32. The van der Waals surface area contributed by atoms with Crippen LogP contribution >= 0.6 is 7.60 Å². The molecule has 0 fully saturated rings. The minimum Gasteiger partial charge on any atom is -0.497 e. The van der Waals surface area contributed by atoms with Crippen molar-refractivity contribution < 1.29 is 18.7 Å². The van der Waals surface area contributed by atoms with Gasteiger partial charge < -0.3 is 14.2 Å². The lowest BCUT2D eigenvalue weighted by Gasteiger charge is -2.23. The third-order valence-corrected chi connectivity index (χ3v) is 4.55. The van der Waals surface area contributed by atoms with Gasteiger partial charge in [-0.1, -0.05) is 36.4 Å². The molecule has 0 aromatic heterocycles. The van der Waals surface area contributed by atoms with Gasteiger partial charge in [-0.15, -0.1) is 0 Å². The van der Waals surface area contributed by atoms with Crippen LogP contribution in [0.5, 0.6) is 5.75 Å². The third-order valence-electron chi connectivity index (χ3n) is 3.11. The van der Waals surface area contributed by atoms with Crippen LogP contribution in [0, 0.1) is 0 Å². The molecular weight excluding hydrogens is 275 g/mol. The van der Waals surface area contributed by atoms with Crippen LogP contribution in [0.3, 0.4) is 0 Å². The smallest absolute Gasteiger partial charge is 0.408 e. The van der Waals surface area contributed by atoms with Crippen molar-refractivity contribution in [3.63, 3.8) is 0 Å². The van der Waals surface area contributed by atoms with Gasteiger partial charge in [0.2, 0.25) is 0 Å². The molecule has 1 heterocycles. The monoisotopic (exact) mass is 288 g/mol. The van der Waals surface area contributed by atoms with Gasteiger partial charge in [-0.25, -0.2) is 4.57 Å². The van der Waals surface area contributed by atoms with Gasteiger partial charge in [0, 0.05) is 5.56 Å². The summed E-state index contributed by atoms with van der Waals surface area (Å²) in [5, 5.41) is 0.261. The Balaban J connectivity index is 2.14. The summed E-state index contributed by atoms with van der Waals surface area (Å²) >= 11 is 0. The molecule has 3 rings (SSSR count). The summed E-state index contributed by atoms with van der Waals surface area (Å²) in [6, 6.07) is 14.3. The maximum atomic E-state index is 12.3. The SMILES string of the molecule is COc1ccc2c(c1)P(=O)(O)OC(c1ccccc1)=C2. The predicted molar refractivity (Wildman–Crippen MR) is 77.9 cm³/mol. The van der Waals surface area contributed by atoms with Crippen LogP contribution in [0.15, 0.2) is 48.5 Å². The zero-order valence-corrected chi connectivity index (χ0v) is 11.7. The summed E-state index contributed by atoms with van der Waals surface area (Å²) in [7, 11) is -2.37. The zero-order chi connectivity index (χ0) is 14.2. The summed E-state index contributed by atoms with van der Waals surface area (Å²) in [6.45, 7) is 0. The summed E-state index contributed by atoms with van der Waals surface area (Å²) in [5.41, 5.74) is 1.44. The van der Waals surface area contributed by atoms with Crippen LogP contribution in [0.1, 0.15) is 11.1 Å². The highest BCUT2D eigenvalue weighted by atomic mass is 31.2. The Kier molecular flexibility index (Phi) is 3.13. The molecule has 1 N–H and O–H groups in total. The number of hydrogen-bond acceptors (Lipinski definition) is 3. The number of methoxy groups -OCH3 is 1. The Hall–Kier alpha value is -2.03. The van der Waals surface area contributed by atoms with Crippen molar-refractivity contribution in [2.75, 3.05) is 7.11 Å². The number of fused-ring (bicyclic) bond motifs is 1. The van der Waals surface area contributed by atoms with Crippen molar-refractivity contribution in [1.29, 1.82) is 0 Å². The molecule has 0 bridgehead atoms. The van der Waals surface area contributed by atoms with Gasteiger partial charge in [0.05, 0.1) is 12.4 Å². The third kappa shape index (κ3) is 2.24. The standard InChI is InChI=1S/C15H13O4P/c1-18-13-8-7-12-9-14(11-5-3-2-4-6-11)19-20(16,17)15(12)10-13/h2-10H,1H3,(H,16,17). The zero-order valence-electron chi connectivity index (χ0n) is 10.8. The molecule has 1 aliphatic rings. The van der Waals surface area contributed by atoms with Crippen LogP contribution < -0.4 is 10.0 Å². The fourth-order valence-corrected chi connectivity index (χ4v) is 3.38. The van der Waals surface area contributed by atoms with E-state index >= 15 is 0 Å². The van der Waals surface area contributed by atoms with E-state index < -0.39 is 7.60 Å². The van der Waals surface area contributed by atoms with E-state index in [2.05, 4.69) is 0 Å². The van der Waals surface area contributed by atoms with Gasteiger partial charge >= 0.3 is 7.60 Å². The van der Waals surface area contributed by atoms with E-state index in [9.17, 15) is 9.46 Å². The van der Waals surface area contributed by atoms with Crippen LogP contribution in [-0.4, -0.2) is 12.0 Å². The first-order chi connectivity index (χ1) is 9.60. The fraction of sp³-hybridized carbons (Fsp3) is 0.0667. The van der Waals surface area contributed by atoms with Crippen molar-refractivity contribution in [3.05, 3.63) is 59.7 Å². The summed E-state index contributed by atoms with van der Waals surface area (Å²) in [6.07, 6.45) is 1.76. The van der Waals surface area contributed by atoms with Gasteiger partial charge in [0.15, 0.2) is 0 Å². The number of rotatable bonds is 2. The van der Waals surface area contributed by atoms with Crippen molar-refractivity contribution in [1.82, 2.24) is 0 Å². The highest BCUT2D eigenvalue weighted by Crippen LogP contribution is 2.50. The largest absolute Gasteiger partial charge is 0.497 e. The van der Waals surface area contributed by atoms with Gasteiger partial charge in [-0.3, -0.25) is 0 Å². The molecule has 5 heteroatoms. The maximum Gasteiger partial charge on any atom is 0.408 e. The molecule has 0 saturated heterocycles. The Bertz CT molecular complexity index is 722. The first-order valence-corrected chi connectivity index (χ1v) is 7.66. The fourth-order valence-electron chi connectivity index (χ4n) is 2.11. The summed E-state index contributed by atoms with van der Waals surface area (Å²) < 4.78 is 22.7. The highest BCUT2D eigenvalue weighted by molar-refractivity contribution is 7.61. The molecule has 2 aromatic carbocycles. The number of benzene rings is 2. The molecule has 0 aliphatic carbocycles. The quantitative estimate of drug-likeness (QED) is 0.863. The van der Waals surface area contributed by atoms with Crippen LogP contribution in [0.25, 0.3) is 11.8 Å². The van der Waals surface area contributed by atoms with Crippen LogP contribution in [-0.2, 0) is 9.09 Å². The van der Waals surface area contributed by atoms with Crippen LogP contribution in [0.4, 0.5) is 0 Å². The molecule has 4 nitrogen and oxygen atoms in total. The molecule has 20 heavy (non-hydrogen) atoms. The van der Waals surface area contributed by atoms with E-state index in [0.29, 0.717) is 17.1 Å². The van der Waals surface area contributed by atoms with E-state index in [1.54, 1.807) is 18.2 Å². The second-order valence-corrected chi connectivity index (χ2v) is 6.12. The minimum absolute atomic E-state index is 0.261. The molecule has 0 saturated carbocycles. The van der Waals surface area contributed by atoms with E-state index in [0.717, 1.165) is 5.56 Å². The molecule has 1 aliphatic heterocycles. The van der Waals surface area contributed by atoms with E-state index in [-0.39, 0.29) is 5.30 Å². The molecule has 1 unspecified atom stereocenters. The number of ether oxygens (including phenoxy) is 1. The maximum absolute atomic E-state index is 12.3. The van der Waals surface area contributed by atoms with Crippen LogP contribution in [0.2, 0.25) is 0 Å². The average molecular weight is 288 g/mol. The average Bonchev–Trinajstić information content (AvgIpc) is 2.47. The van der Waals surface area contributed by atoms with Crippen molar-refractivity contribution in [2.45, 2.75) is 0 Å². The van der Waals surface area contributed by atoms with E-state index in [1.165, 1.54) is 13.2 Å². The molecular formula is C15H13O4P. The Labute approximate surface area is 116 Å². The molecule has 2 aromatic rings. The lowest BCUT2D eigenvalue weighted by molar-refractivity contribution is 0.374. The first kappa shape index (κ1) is 13.0. The van der Waals surface area contributed by atoms with E-state index in [4.69, 9.17) is 9.26 Å². The number of hydrogen-bond donors (Lipinski definition) is 1. The first-order valence-electron chi connectivity index (χ1n) is 6.08. The Morgan fingerprint density at radius 1 is 1.15 bits per heavy atom. The second kappa shape index (κ2) is 4.82. The Morgan fingerprint density at radius 3 is 2.60 bits per heavy atom. The normalized spacial score (nSPS) is 20.6. The van der Waals surface area contributed by atoms with Gasteiger partial charge in [-0.05, 0) is 23.8 Å². The summed E-state index contributed by atoms with van der Waals surface area (Å²) in [4.78, 5) is 10.1. The van der Waals surface area contributed by atoms with Gasteiger partial charge in [0.1, 0.15) is 11.5 Å². The van der Waals surface area contributed by atoms with Crippen molar-refractivity contribution in [2.24, 2.45) is 0 Å². The molecule has 0 amide bonds. The lowest BCUT2D eigenvalue weighted by atomic mass is 10.1.